The minimum atomic E-state index is -0.110. The molecule has 0 saturated carbocycles. The second kappa shape index (κ2) is 5.82. The van der Waals surface area contributed by atoms with Crippen molar-refractivity contribution in [3.8, 4) is 0 Å². The van der Waals surface area contributed by atoms with Gasteiger partial charge in [-0.05, 0) is 85.1 Å². The van der Waals surface area contributed by atoms with Gasteiger partial charge in [-0.1, -0.05) is 13.8 Å². The molecule has 2 aliphatic rings. The maximum atomic E-state index is 12.4. The van der Waals surface area contributed by atoms with E-state index in [1.165, 1.54) is 55.0 Å². The highest BCUT2D eigenvalue weighted by Gasteiger charge is 2.30. The fourth-order valence-corrected chi connectivity index (χ4v) is 4.37. The van der Waals surface area contributed by atoms with Gasteiger partial charge in [-0.2, -0.15) is 0 Å². The van der Waals surface area contributed by atoms with Crippen LogP contribution < -0.4 is 0 Å². The van der Waals surface area contributed by atoms with Crippen LogP contribution >= 0.6 is 0 Å². The maximum absolute atomic E-state index is 12.4. The first-order chi connectivity index (χ1) is 10.1. The number of hydrogen-bond donors (Lipinski definition) is 0. The third-order valence-corrected chi connectivity index (χ3v) is 5.16. The predicted octanol–water partition coefficient (Wildman–Crippen LogP) is 4.35. The van der Waals surface area contributed by atoms with Gasteiger partial charge in [-0.3, -0.25) is 0 Å². The molecule has 2 nitrogen and oxygen atoms in total. The highest BCUT2D eigenvalue weighted by Crippen LogP contribution is 2.40. The second-order valence-corrected chi connectivity index (χ2v) is 6.76. The minimum absolute atomic E-state index is 0.110. The monoisotopic (exact) mass is 286 g/mol. The van der Waals surface area contributed by atoms with Gasteiger partial charge in [0.05, 0.1) is 12.7 Å². The van der Waals surface area contributed by atoms with Gasteiger partial charge in [-0.15, -0.1) is 0 Å². The molecular weight excluding hydrogens is 260 g/mol. The Morgan fingerprint density at radius 1 is 0.857 bits per heavy atom. The van der Waals surface area contributed by atoms with E-state index in [4.69, 9.17) is 4.74 Å². The van der Waals surface area contributed by atoms with Crippen molar-refractivity contribution in [2.45, 2.75) is 71.1 Å². The molecule has 0 bridgehead atoms. The van der Waals surface area contributed by atoms with Gasteiger partial charge in [0.2, 0.25) is 0 Å². The molecule has 0 aliphatic heterocycles. The number of hydrogen-bond acceptors (Lipinski definition) is 2. The summed E-state index contributed by atoms with van der Waals surface area (Å²) in [4.78, 5) is 12.4. The highest BCUT2D eigenvalue weighted by atomic mass is 16.5. The van der Waals surface area contributed by atoms with Crippen LogP contribution in [0.4, 0.5) is 0 Å². The van der Waals surface area contributed by atoms with E-state index in [2.05, 4.69) is 13.8 Å². The number of methoxy groups -OCH3 is 1. The molecule has 0 heterocycles. The SMILES string of the molecule is COC(=O)c1c2c(c(C(C)C)c3c1CCCC3)CCCC2. The lowest BCUT2D eigenvalue weighted by Gasteiger charge is -2.31. The molecule has 3 rings (SSSR count). The van der Waals surface area contributed by atoms with Crippen molar-refractivity contribution in [2.75, 3.05) is 7.11 Å². The lowest BCUT2D eigenvalue weighted by Crippen LogP contribution is -2.22. The van der Waals surface area contributed by atoms with E-state index >= 15 is 0 Å². The van der Waals surface area contributed by atoms with Crippen LogP contribution in [-0.4, -0.2) is 13.1 Å². The summed E-state index contributed by atoms with van der Waals surface area (Å²) in [5.41, 5.74) is 8.10. The van der Waals surface area contributed by atoms with Crippen molar-refractivity contribution < 1.29 is 9.53 Å². The van der Waals surface area contributed by atoms with Gasteiger partial charge in [0.25, 0.3) is 0 Å². The summed E-state index contributed by atoms with van der Waals surface area (Å²) < 4.78 is 5.13. The van der Waals surface area contributed by atoms with E-state index < -0.39 is 0 Å². The lowest BCUT2D eigenvalue weighted by molar-refractivity contribution is 0.0597. The summed E-state index contributed by atoms with van der Waals surface area (Å²) >= 11 is 0. The van der Waals surface area contributed by atoms with E-state index in [0.29, 0.717) is 5.92 Å². The van der Waals surface area contributed by atoms with Crippen LogP contribution in [0.5, 0.6) is 0 Å². The Balaban J connectivity index is 2.32. The molecule has 0 atom stereocenters. The molecule has 2 heteroatoms. The van der Waals surface area contributed by atoms with Crippen molar-refractivity contribution in [1.29, 1.82) is 0 Å². The zero-order chi connectivity index (χ0) is 15.0. The summed E-state index contributed by atoms with van der Waals surface area (Å²) in [5.74, 6) is 0.442. The molecule has 0 amide bonds. The van der Waals surface area contributed by atoms with Gasteiger partial charge in [-0.25, -0.2) is 4.79 Å². The largest absolute Gasteiger partial charge is 0.465 e. The fourth-order valence-electron chi connectivity index (χ4n) is 4.37. The minimum Gasteiger partial charge on any atom is -0.465 e. The third kappa shape index (κ3) is 2.39. The van der Waals surface area contributed by atoms with E-state index in [1.807, 2.05) is 0 Å². The van der Waals surface area contributed by atoms with Crippen LogP contribution in [-0.2, 0) is 30.4 Å². The maximum Gasteiger partial charge on any atom is 0.338 e. The average molecular weight is 286 g/mol. The van der Waals surface area contributed by atoms with Crippen molar-refractivity contribution in [3.63, 3.8) is 0 Å². The fraction of sp³-hybridized carbons (Fsp3) is 0.632. The normalized spacial score (nSPS) is 17.3. The summed E-state index contributed by atoms with van der Waals surface area (Å²) in [6, 6.07) is 0. The molecule has 0 saturated heterocycles. The zero-order valence-corrected chi connectivity index (χ0v) is 13.6. The van der Waals surface area contributed by atoms with E-state index in [0.717, 1.165) is 31.2 Å². The van der Waals surface area contributed by atoms with Crippen molar-refractivity contribution in [3.05, 3.63) is 33.4 Å². The number of fused-ring (bicyclic) bond motifs is 2. The van der Waals surface area contributed by atoms with Crippen LogP contribution in [0, 0.1) is 0 Å². The topological polar surface area (TPSA) is 26.3 Å². The number of carbonyl (C=O) groups is 1. The van der Waals surface area contributed by atoms with Crippen molar-refractivity contribution in [1.82, 2.24) is 0 Å². The molecule has 2 aliphatic carbocycles. The van der Waals surface area contributed by atoms with E-state index in [1.54, 1.807) is 5.56 Å². The van der Waals surface area contributed by atoms with Gasteiger partial charge in [0.1, 0.15) is 0 Å². The Kier molecular flexibility index (Phi) is 4.05. The quantitative estimate of drug-likeness (QED) is 0.755. The molecule has 21 heavy (non-hydrogen) atoms. The summed E-state index contributed by atoms with van der Waals surface area (Å²) in [5, 5.41) is 0. The Morgan fingerprint density at radius 3 is 1.67 bits per heavy atom. The van der Waals surface area contributed by atoms with Crippen LogP contribution in [0.3, 0.4) is 0 Å². The van der Waals surface area contributed by atoms with Gasteiger partial charge in [0, 0.05) is 0 Å². The van der Waals surface area contributed by atoms with Crippen LogP contribution in [0.15, 0.2) is 0 Å². The third-order valence-electron chi connectivity index (χ3n) is 5.16. The van der Waals surface area contributed by atoms with Crippen molar-refractivity contribution >= 4 is 5.97 Å². The molecule has 0 fully saturated rings. The molecule has 0 aromatic heterocycles. The highest BCUT2D eigenvalue weighted by molar-refractivity contribution is 5.94. The van der Waals surface area contributed by atoms with Gasteiger partial charge in [0.15, 0.2) is 0 Å². The average Bonchev–Trinajstić information content (AvgIpc) is 2.51. The zero-order valence-electron chi connectivity index (χ0n) is 13.6. The van der Waals surface area contributed by atoms with Gasteiger partial charge < -0.3 is 4.74 Å². The summed E-state index contributed by atoms with van der Waals surface area (Å²) in [6.07, 6.45) is 9.29. The number of benzene rings is 1. The van der Waals surface area contributed by atoms with E-state index in [9.17, 15) is 4.79 Å². The Bertz CT molecular complexity index is 532. The Labute approximate surface area is 127 Å². The molecule has 0 N–H and O–H groups in total. The standard InChI is InChI=1S/C19H26O2/c1-12(2)17-13-8-4-6-10-15(13)18(19(20)21-3)16-11-7-5-9-14(16)17/h12H,4-11H2,1-3H3. The number of esters is 1. The van der Waals surface area contributed by atoms with Gasteiger partial charge >= 0.3 is 5.97 Å². The molecular formula is C19H26O2. The van der Waals surface area contributed by atoms with Crippen LogP contribution in [0.1, 0.15) is 83.6 Å². The second-order valence-electron chi connectivity index (χ2n) is 6.76. The predicted molar refractivity (Wildman–Crippen MR) is 85.2 cm³/mol. The van der Waals surface area contributed by atoms with E-state index in [-0.39, 0.29) is 5.97 Å². The molecule has 1 aromatic rings. The molecule has 0 radical (unpaired) electrons. The van der Waals surface area contributed by atoms with Crippen molar-refractivity contribution in [2.24, 2.45) is 0 Å². The molecule has 114 valence electrons. The molecule has 1 aromatic carbocycles. The first-order valence-corrected chi connectivity index (χ1v) is 8.42. The lowest BCUT2D eigenvalue weighted by atomic mass is 9.73. The Hall–Kier alpha value is -1.31. The molecule has 0 unspecified atom stereocenters. The number of ether oxygens (including phenoxy) is 1. The number of carbonyl (C=O) groups excluding carboxylic acids is 1. The first kappa shape index (κ1) is 14.6. The first-order valence-electron chi connectivity index (χ1n) is 8.42. The number of rotatable bonds is 2. The Morgan fingerprint density at radius 2 is 1.29 bits per heavy atom. The summed E-state index contributed by atoms with van der Waals surface area (Å²) in [7, 11) is 1.52. The summed E-state index contributed by atoms with van der Waals surface area (Å²) in [6.45, 7) is 4.61. The van der Waals surface area contributed by atoms with Crippen LogP contribution in [0.2, 0.25) is 0 Å². The van der Waals surface area contributed by atoms with Crippen LogP contribution in [0.25, 0.3) is 0 Å². The molecule has 0 spiro atoms. The smallest absolute Gasteiger partial charge is 0.338 e.